The Labute approximate surface area is 214 Å². The summed E-state index contributed by atoms with van der Waals surface area (Å²) < 4.78 is 6.44. The van der Waals surface area contributed by atoms with E-state index in [1.165, 1.54) is 12.1 Å². The number of imide groups is 1. The van der Waals surface area contributed by atoms with Gasteiger partial charge in [0.1, 0.15) is 18.9 Å². The van der Waals surface area contributed by atoms with Gasteiger partial charge in [0.15, 0.2) is 0 Å². The molecule has 0 radical (unpaired) electrons. The maximum Gasteiger partial charge on any atom is 0.294 e. The van der Waals surface area contributed by atoms with Crippen LogP contribution in [0.3, 0.4) is 0 Å². The van der Waals surface area contributed by atoms with Gasteiger partial charge in [-0.1, -0.05) is 6.07 Å². The molecule has 11 heteroatoms. The summed E-state index contributed by atoms with van der Waals surface area (Å²) in [5.74, 6) is -0.119. The maximum atomic E-state index is 12.8. The van der Waals surface area contributed by atoms with Crippen LogP contribution in [0.1, 0.15) is 30.4 Å². The fourth-order valence-corrected chi connectivity index (χ4v) is 5.11. The number of hydrogen-bond acceptors (Lipinski definition) is 7. The number of carbonyl (C=O) groups is 3. The molecule has 3 amide bonds. The van der Waals surface area contributed by atoms with Crippen LogP contribution in [0.4, 0.5) is 10.5 Å². The number of ether oxygens (including phenoxy) is 1. The zero-order valence-corrected chi connectivity index (χ0v) is 21.0. The van der Waals surface area contributed by atoms with Crippen molar-refractivity contribution >= 4 is 56.5 Å². The molecule has 182 valence electrons. The van der Waals surface area contributed by atoms with E-state index in [0.717, 1.165) is 41.5 Å². The first-order chi connectivity index (χ1) is 16.8. The van der Waals surface area contributed by atoms with Gasteiger partial charge in [-0.25, -0.2) is 0 Å². The summed E-state index contributed by atoms with van der Waals surface area (Å²) in [4.78, 5) is 51.0. The van der Waals surface area contributed by atoms with E-state index in [1.807, 2.05) is 0 Å². The molecule has 2 aromatic rings. The van der Waals surface area contributed by atoms with Crippen molar-refractivity contribution in [1.82, 2.24) is 9.80 Å². The SMILES string of the molecule is O=C(CN1C(=O)S/C(=C\c2ccc(OCc3ccc([N+](=O)[O-])cc3)c(Br)c2)C1=O)N1CCCCC1. The topological polar surface area (TPSA) is 110 Å². The average molecular weight is 560 g/mol. The van der Waals surface area contributed by atoms with Gasteiger partial charge in [-0.15, -0.1) is 0 Å². The molecule has 4 rings (SSSR count). The Kier molecular flexibility index (Phi) is 7.86. The van der Waals surface area contributed by atoms with Gasteiger partial charge in [-0.2, -0.15) is 0 Å². The van der Waals surface area contributed by atoms with Gasteiger partial charge in [0.05, 0.1) is 14.3 Å². The third kappa shape index (κ3) is 6.09. The molecule has 2 aliphatic rings. The van der Waals surface area contributed by atoms with E-state index in [4.69, 9.17) is 4.74 Å². The first kappa shape index (κ1) is 24.9. The third-order valence-electron chi connectivity index (χ3n) is 5.67. The molecule has 0 bridgehead atoms. The Balaban J connectivity index is 1.38. The van der Waals surface area contributed by atoms with Crippen molar-refractivity contribution in [2.75, 3.05) is 19.6 Å². The van der Waals surface area contributed by atoms with Crippen LogP contribution in [0.15, 0.2) is 51.8 Å². The molecule has 0 unspecified atom stereocenters. The molecule has 2 saturated heterocycles. The molecule has 2 heterocycles. The number of nitrogens with zero attached hydrogens (tertiary/aromatic N) is 3. The number of carbonyl (C=O) groups excluding carboxylic acids is 3. The van der Waals surface area contributed by atoms with Crippen LogP contribution in [0.5, 0.6) is 5.75 Å². The summed E-state index contributed by atoms with van der Waals surface area (Å²) >= 11 is 4.27. The second kappa shape index (κ2) is 11.0. The molecule has 0 aromatic heterocycles. The number of non-ortho nitro benzene ring substituents is 1. The monoisotopic (exact) mass is 559 g/mol. The summed E-state index contributed by atoms with van der Waals surface area (Å²) in [6, 6.07) is 11.3. The molecule has 9 nitrogen and oxygen atoms in total. The van der Waals surface area contributed by atoms with Gasteiger partial charge < -0.3 is 9.64 Å². The second-order valence-corrected chi connectivity index (χ2v) is 9.96. The standard InChI is InChI=1S/C24H22BrN3O6S/c25-19-12-17(6-9-20(19)34-15-16-4-7-18(8-5-16)28(32)33)13-21-23(30)27(24(31)35-21)14-22(29)26-10-2-1-3-11-26/h4-9,12-13H,1-3,10-11,14-15H2/b21-13-. The molecule has 2 aromatic carbocycles. The number of rotatable bonds is 7. The van der Waals surface area contributed by atoms with Crippen LogP contribution < -0.4 is 4.74 Å². The minimum Gasteiger partial charge on any atom is -0.488 e. The maximum absolute atomic E-state index is 12.8. The lowest BCUT2D eigenvalue weighted by molar-refractivity contribution is -0.384. The number of piperidine rings is 1. The van der Waals surface area contributed by atoms with Crippen molar-refractivity contribution in [1.29, 1.82) is 0 Å². The molecule has 0 N–H and O–H groups in total. The van der Waals surface area contributed by atoms with E-state index in [0.29, 0.717) is 28.9 Å². The van der Waals surface area contributed by atoms with Crippen LogP contribution in [0.2, 0.25) is 0 Å². The van der Waals surface area contributed by atoms with Crippen LogP contribution in [0.25, 0.3) is 6.08 Å². The summed E-state index contributed by atoms with van der Waals surface area (Å²) in [5.41, 5.74) is 1.48. The first-order valence-corrected chi connectivity index (χ1v) is 12.6. The van der Waals surface area contributed by atoms with Crippen molar-refractivity contribution in [2.24, 2.45) is 0 Å². The van der Waals surface area contributed by atoms with Crippen molar-refractivity contribution in [3.63, 3.8) is 0 Å². The van der Waals surface area contributed by atoms with Crippen LogP contribution in [-0.2, 0) is 16.2 Å². The van der Waals surface area contributed by atoms with E-state index in [9.17, 15) is 24.5 Å². The highest BCUT2D eigenvalue weighted by molar-refractivity contribution is 9.10. The quantitative estimate of drug-likeness (QED) is 0.267. The summed E-state index contributed by atoms with van der Waals surface area (Å²) in [5, 5.41) is 10.3. The molecule has 0 atom stereocenters. The third-order valence-corrected chi connectivity index (χ3v) is 7.20. The lowest BCUT2D eigenvalue weighted by atomic mass is 10.1. The van der Waals surface area contributed by atoms with E-state index in [-0.39, 0.29) is 29.7 Å². The Morgan fingerprint density at radius 2 is 1.83 bits per heavy atom. The smallest absolute Gasteiger partial charge is 0.294 e. The highest BCUT2D eigenvalue weighted by Crippen LogP contribution is 2.34. The fourth-order valence-electron chi connectivity index (χ4n) is 3.77. The van der Waals surface area contributed by atoms with Gasteiger partial charge in [-0.3, -0.25) is 29.4 Å². The van der Waals surface area contributed by atoms with E-state index in [2.05, 4.69) is 15.9 Å². The molecule has 0 spiro atoms. The molecule has 35 heavy (non-hydrogen) atoms. The number of amides is 3. The van der Waals surface area contributed by atoms with E-state index >= 15 is 0 Å². The Morgan fingerprint density at radius 1 is 1.11 bits per heavy atom. The molecule has 0 aliphatic carbocycles. The van der Waals surface area contributed by atoms with Crippen molar-refractivity contribution in [3.8, 4) is 5.75 Å². The number of benzene rings is 2. The van der Waals surface area contributed by atoms with Gasteiger partial charge in [-0.05, 0) is 88.4 Å². The average Bonchev–Trinajstić information content (AvgIpc) is 3.11. The number of nitro groups is 1. The minimum absolute atomic E-state index is 0.0135. The molecular formula is C24H22BrN3O6S. The minimum atomic E-state index is -0.472. The summed E-state index contributed by atoms with van der Waals surface area (Å²) in [6.07, 6.45) is 4.58. The van der Waals surface area contributed by atoms with Crippen molar-refractivity contribution in [2.45, 2.75) is 25.9 Å². The zero-order valence-electron chi connectivity index (χ0n) is 18.6. The number of hydrogen-bond donors (Lipinski definition) is 0. The van der Waals surface area contributed by atoms with Gasteiger partial charge in [0.2, 0.25) is 5.91 Å². The number of nitro benzene ring substituents is 1. The first-order valence-electron chi connectivity index (χ1n) is 11.0. The lowest BCUT2D eigenvalue weighted by Gasteiger charge is -2.27. The van der Waals surface area contributed by atoms with Crippen molar-refractivity contribution < 1.29 is 24.0 Å². The molecule has 0 saturated carbocycles. The highest BCUT2D eigenvalue weighted by atomic mass is 79.9. The fraction of sp³-hybridized carbons (Fsp3) is 0.292. The Morgan fingerprint density at radius 3 is 2.49 bits per heavy atom. The number of thioether (sulfide) groups is 1. The van der Waals surface area contributed by atoms with Crippen molar-refractivity contribution in [3.05, 3.63) is 73.1 Å². The largest absolute Gasteiger partial charge is 0.488 e. The normalized spacial score (nSPS) is 17.2. The summed E-state index contributed by atoms with van der Waals surface area (Å²) in [7, 11) is 0. The molecular weight excluding hydrogens is 538 g/mol. The number of likely N-dealkylation sites (tertiary alicyclic amines) is 1. The predicted octanol–water partition coefficient (Wildman–Crippen LogP) is 4.99. The summed E-state index contributed by atoms with van der Waals surface area (Å²) in [6.45, 7) is 1.32. The number of halogens is 1. The lowest BCUT2D eigenvalue weighted by Crippen LogP contribution is -2.44. The van der Waals surface area contributed by atoms with Gasteiger partial charge >= 0.3 is 0 Å². The van der Waals surface area contributed by atoms with E-state index in [1.54, 1.807) is 41.3 Å². The Bertz CT molecular complexity index is 1190. The zero-order chi connectivity index (χ0) is 24.9. The van der Waals surface area contributed by atoms with E-state index < -0.39 is 16.1 Å². The predicted molar refractivity (Wildman–Crippen MR) is 135 cm³/mol. The highest BCUT2D eigenvalue weighted by Gasteiger charge is 2.37. The van der Waals surface area contributed by atoms with Gasteiger partial charge in [0.25, 0.3) is 16.8 Å². The second-order valence-electron chi connectivity index (χ2n) is 8.11. The molecule has 2 aliphatic heterocycles. The van der Waals surface area contributed by atoms with Crippen LogP contribution in [0, 0.1) is 10.1 Å². The van der Waals surface area contributed by atoms with Gasteiger partial charge in [0, 0.05) is 25.2 Å². The molecule has 2 fully saturated rings. The Hall–Kier alpha value is -3.18. The van der Waals surface area contributed by atoms with Crippen LogP contribution >= 0.6 is 27.7 Å². The van der Waals surface area contributed by atoms with Crippen LogP contribution in [-0.4, -0.2) is 51.4 Å².